The van der Waals surface area contributed by atoms with Gasteiger partial charge in [-0.15, -0.1) is 0 Å². The topological polar surface area (TPSA) is 12.0 Å². The van der Waals surface area contributed by atoms with Crippen molar-refractivity contribution < 1.29 is 0 Å². The van der Waals surface area contributed by atoms with Crippen molar-refractivity contribution in [1.82, 2.24) is 0 Å². The fourth-order valence-corrected chi connectivity index (χ4v) is 1.54. The number of para-hydroxylation sites is 1. The van der Waals surface area contributed by atoms with Gasteiger partial charge in [0, 0.05) is 15.8 Å². The molecule has 1 nitrogen and oxygen atoms in total. The number of nitrogens with one attached hydrogen (secondary N) is 1. The van der Waals surface area contributed by atoms with Gasteiger partial charge in [-0.05, 0) is 40.1 Å². The lowest BCUT2D eigenvalue weighted by Gasteiger charge is -2.20. The maximum absolute atomic E-state index is 3.45. The zero-order chi connectivity index (χ0) is 9.90. The van der Waals surface area contributed by atoms with Gasteiger partial charge in [-0.1, -0.05) is 32.9 Å². The first-order valence-corrected chi connectivity index (χ1v) is 5.55. The zero-order valence-electron chi connectivity index (χ0n) is 8.39. The zero-order valence-corrected chi connectivity index (χ0v) is 10.6. The van der Waals surface area contributed by atoms with E-state index in [1.807, 2.05) is 0 Å². The van der Waals surface area contributed by atoms with E-state index >= 15 is 0 Å². The lowest BCUT2D eigenvalue weighted by molar-refractivity contribution is 0.443. The number of rotatable bonds is 2. The monoisotopic (exact) mass is 289 g/mol. The summed E-state index contributed by atoms with van der Waals surface area (Å²) < 4.78 is 1.28. The SMILES string of the molecule is CC(C)(C)CNc1ccccc1I. The van der Waals surface area contributed by atoms with Crippen LogP contribution in [-0.2, 0) is 0 Å². The predicted molar refractivity (Wildman–Crippen MR) is 67.1 cm³/mol. The van der Waals surface area contributed by atoms with E-state index in [4.69, 9.17) is 0 Å². The van der Waals surface area contributed by atoms with Crippen LogP contribution in [0.4, 0.5) is 5.69 Å². The van der Waals surface area contributed by atoms with Crippen LogP contribution in [0, 0.1) is 8.99 Å². The molecule has 2 heteroatoms. The molecule has 0 bridgehead atoms. The molecule has 0 spiro atoms. The van der Waals surface area contributed by atoms with Gasteiger partial charge < -0.3 is 5.32 Å². The van der Waals surface area contributed by atoms with E-state index in [-0.39, 0.29) is 0 Å². The highest BCUT2D eigenvalue weighted by Crippen LogP contribution is 2.20. The molecule has 0 atom stereocenters. The van der Waals surface area contributed by atoms with Crippen LogP contribution in [0.2, 0.25) is 0 Å². The van der Waals surface area contributed by atoms with Crippen LogP contribution in [0.1, 0.15) is 20.8 Å². The van der Waals surface area contributed by atoms with E-state index in [0.717, 1.165) is 6.54 Å². The second kappa shape index (κ2) is 4.31. The third-order valence-corrected chi connectivity index (χ3v) is 2.62. The molecule has 0 saturated carbocycles. The lowest BCUT2D eigenvalue weighted by atomic mass is 9.97. The molecule has 0 fully saturated rings. The van der Waals surface area contributed by atoms with Crippen molar-refractivity contribution >= 4 is 28.3 Å². The summed E-state index contributed by atoms with van der Waals surface area (Å²) in [7, 11) is 0. The summed E-state index contributed by atoms with van der Waals surface area (Å²) >= 11 is 2.35. The number of benzene rings is 1. The Bertz CT molecular complexity index is 276. The summed E-state index contributed by atoms with van der Waals surface area (Å²) in [5, 5.41) is 3.45. The van der Waals surface area contributed by atoms with Crippen molar-refractivity contribution in [3.05, 3.63) is 27.8 Å². The highest BCUT2D eigenvalue weighted by molar-refractivity contribution is 14.1. The number of hydrogen-bond donors (Lipinski definition) is 1. The van der Waals surface area contributed by atoms with Gasteiger partial charge in [0.1, 0.15) is 0 Å². The second-order valence-electron chi connectivity index (χ2n) is 4.39. The maximum atomic E-state index is 3.45. The Labute approximate surface area is 94.1 Å². The molecule has 1 aromatic carbocycles. The van der Waals surface area contributed by atoms with Gasteiger partial charge in [0.05, 0.1) is 0 Å². The molecule has 0 aliphatic rings. The maximum Gasteiger partial charge on any atom is 0.0476 e. The van der Waals surface area contributed by atoms with Crippen molar-refractivity contribution in [3.63, 3.8) is 0 Å². The molecule has 0 aliphatic carbocycles. The Morgan fingerprint density at radius 3 is 2.38 bits per heavy atom. The van der Waals surface area contributed by atoms with Crippen LogP contribution < -0.4 is 5.32 Å². The van der Waals surface area contributed by atoms with Gasteiger partial charge in [-0.3, -0.25) is 0 Å². The van der Waals surface area contributed by atoms with Gasteiger partial charge in [0.25, 0.3) is 0 Å². The average Bonchev–Trinajstić information content (AvgIpc) is 2.01. The van der Waals surface area contributed by atoms with Gasteiger partial charge in [-0.25, -0.2) is 0 Å². The molecule has 1 N–H and O–H groups in total. The van der Waals surface area contributed by atoms with Crippen molar-refractivity contribution in [3.8, 4) is 0 Å². The van der Waals surface area contributed by atoms with Crippen LogP contribution in [0.25, 0.3) is 0 Å². The third-order valence-electron chi connectivity index (χ3n) is 1.68. The first kappa shape index (κ1) is 10.8. The number of halogens is 1. The summed E-state index contributed by atoms with van der Waals surface area (Å²) in [5.41, 5.74) is 1.57. The summed E-state index contributed by atoms with van der Waals surface area (Å²) in [4.78, 5) is 0. The summed E-state index contributed by atoms with van der Waals surface area (Å²) in [6, 6.07) is 8.36. The molecule has 0 aromatic heterocycles. The van der Waals surface area contributed by atoms with Crippen molar-refractivity contribution in [1.29, 1.82) is 0 Å². The minimum atomic E-state index is 0.332. The quantitative estimate of drug-likeness (QED) is 0.818. The molecule has 1 rings (SSSR count). The molecule has 0 unspecified atom stereocenters. The Balaban J connectivity index is 2.60. The Morgan fingerprint density at radius 1 is 1.23 bits per heavy atom. The third kappa shape index (κ3) is 3.98. The normalized spacial score (nSPS) is 11.4. The standard InChI is InChI=1S/C11H16IN/c1-11(2,3)8-13-10-7-5-4-6-9(10)12/h4-7,13H,8H2,1-3H3. The van der Waals surface area contributed by atoms with Crippen LogP contribution >= 0.6 is 22.6 Å². The molecule has 0 aliphatic heterocycles. The smallest absolute Gasteiger partial charge is 0.0476 e. The second-order valence-corrected chi connectivity index (χ2v) is 5.56. The van der Waals surface area contributed by atoms with E-state index in [1.54, 1.807) is 0 Å². The van der Waals surface area contributed by atoms with Crippen molar-refractivity contribution in [2.24, 2.45) is 5.41 Å². The molecule has 1 aromatic rings. The highest BCUT2D eigenvalue weighted by atomic mass is 127. The van der Waals surface area contributed by atoms with Crippen molar-refractivity contribution in [2.75, 3.05) is 11.9 Å². The average molecular weight is 289 g/mol. The van der Waals surface area contributed by atoms with Crippen LogP contribution in [0.3, 0.4) is 0 Å². The Hall–Kier alpha value is -0.250. The minimum absolute atomic E-state index is 0.332. The van der Waals surface area contributed by atoms with E-state index < -0.39 is 0 Å². The fraction of sp³-hybridized carbons (Fsp3) is 0.455. The largest absolute Gasteiger partial charge is 0.384 e. The predicted octanol–water partition coefficient (Wildman–Crippen LogP) is 3.75. The fourth-order valence-electron chi connectivity index (χ4n) is 0.965. The lowest BCUT2D eigenvalue weighted by Crippen LogP contribution is -2.19. The van der Waals surface area contributed by atoms with Gasteiger partial charge >= 0.3 is 0 Å². The summed E-state index contributed by atoms with van der Waals surface area (Å²) in [6.45, 7) is 7.70. The molecule has 13 heavy (non-hydrogen) atoms. The first-order valence-electron chi connectivity index (χ1n) is 4.47. The van der Waals surface area contributed by atoms with E-state index in [1.165, 1.54) is 9.26 Å². The molecule has 72 valence electrons. The number of hydrogen-bond acceptors (Lipinski definition) is 1. The van der Waals surface area contributed by atoms with Gasteiger partial charge in [-0.2, -0.15) is 0 Å². The van der Waals surface area contributed by atoms with E-state index in [0.29, 0.717) is 5.41 Å². The molecular formula is C11H16IN. The molecule has 0 radical (unpaired) electrons. The van der Waals surface area contributed by atoms with Crippen LogP contribution in [0.5, 0.6) is 0 Å². The highest BCUT2D eigenvalue weighted by Gasteiger charge is 2.09. The van der Waals surface area contributed by atoms with E-state index in [2.05, 4.69) is 72.9 Å². The number of anilines is 1. The van der Waals surface area contributed by atoms with Gasteiger partial charge in [0.15, 0.2) is 0 Å². The molecule has 0 saturated heterocycles. The summed E-state index contributed by atoms with van der Waals surface area (Å²) in [6.07, 6.45) is 0. The van der Waals surface area contributed by atoms with Crippen LogP contribution in [0.15, 0.2) is 24.3 Å². The van der Waals surface area contributed by atoms with Crippen LogP contribution in [-0.4, -0.2) is 6.54 Å². The Kier molecular flexibility index (Phi) is 3.59. The molecule has 0 heterocycles. The molecule has 0 amide bonds. The van der Waals surface area contributed by atoms with E-state index in [9.17, 15) is 0 Å². The summed E-state index contributed by atoms with van der Waals surface area (Å²) in [5.74, 6) is 0. The Morgan fingerprint density at radius 2 is 1.85 bits per heavy atom. The first-order chi connectivity index (χ1) is 5.99. The minimum Gasteiger partial charge on any atom is -0.384 e. The molecular weight excluding hydrogens is 273 g/mol. The van der Waals surface area contributed by atoms with Crippen molar-refractivity contribution in [2.45, 2.75) is 20.8 Å². The van der Waals surface area contributed by atoms with Gasteiger partial charge in [0.2, 0.25) is 0 Å².